The molecule has 0 aliphatic heterocycles. The minimum Gasteiger partial charge on any atom is -0.324 e. The molecule has 0 amide bonds. The first-order valence-corrected chi connectivity index (χ1v) is 5.30. The molecule has 0 aromatic carbocycles. The minimum absolute atomic E-state index is 0.0293. The second kappa shape index (κ2) is 5.09. The maximum absolute atomic E-state index is 11.5. The zero-order valence-corrected chi connectivity index (χ0v) is 10.6. The highest BCUT2D eigenvalue weighted by Gasteiger charge is 2.29. The molecule has 4 nitrogen and oxygen atoms in total. The van der Waals surface area contributed by atoms with Crippen LogP contribution >= 0.6 is 12.6 Å². The molecule has 0 saturated carbocycles. The summed E-state index contributed by atoms with van der Waals surface area (Å²) in [6.07, 6.45) is 0. The van der Waals surface area contributed by atoms with Crippen molar-refractivity contribution in [2.75, 3.05) is 13.1 Å². The molecule has 0 aromatic heterocycles. The van der Waals surface area contributed by atoms with E-state index >= 15 is 0 Å². The lowest BCUT2D eigenvalue weighted by Gasteiger charge is -2.25. The standard InChI is InChI=1S/C10H20N2O2S/c1-9(2,7(13)5-11)12-6-8(14)10(3,4)15/h12,15H,5-6,11H2,1-4H3. The third-order valence-electron chi connectivity index (χ3n) is 2.26. The first kappa shape index (κ1) is 14.6. The van der Waals surface area contributed by atoms with Crippen LogP contribution in [-0.4, -0.2) is 34.9 Å². The average Bonchev–Trinajstić information content (AvgIpc) is 2.11. The van der Waals surface area contributed by atoms with E-state index < -0.39 is 10.3 Å². The van der Waals surface area contributed by atoms with Gasteiger partial charge in [0.1, 0.15) is 0 Å². The smallest absolute Gasteiger partial charge is 0.165 e. The van der Waals surface area contributed by atoms with Gasteiger partial charge in [0.15, 0.2) is 11.6 Å². The van der Waals surface area contributed by atoms with Crippen molar-refractivity contribution in [2.45, 2.75) is 38.0 Å². The van der Waals surface area contributed by atoms with Gasteiger partial charge in [-0.1, -0.05) is 0 Å². The zero-order chi connectivity index (χ0) is 12.3. The van der Waals surface area contributed by atoms with Crippen LogP contribution in [0.1, 0.15) is 27.7 Å². The van der Waals surface area contributed by atoms with Crippen LogP contribution in [-0.2, 0) is 9.59 Å². The Labute approximate surface area is 96.4 Å². The van der Waals surface area contributed by atoms with Gasteiger partial charge in [-0.25, -0.2) is 0 Å². The summed E-state index contributed by atoms with van der Waals surface area (Å²) in [6, 6.07) is 0. The zero-order valence-electron chi connectivity index (χ0n) is 9.76. The summed E-state index contributed by atoms with van der Waals surface area (Å²) >= 11 is 4.15. The number of nitrogens with two attached hydrogens (primary N) is 1. The van der Waals surface area contributed by atoms with E-state index in [4.69, 9.17) is 5.73 Å². The fourth-order valence-electron chi connectivity index (χ4n) is 0.871. The van der Waals surface area contributed by atoms with Gasteiger partial charge in [-0.15, -0.1) is 0 Å². The van der Waals surface area contributed by atoms with Gasteiger partial charge in [0.25, 0.3) is 0 Å². The van der Waals surface area contributed by atoms with E-state index in [2.05, 4.69) is 17.9 Å². The van der Waals surface area contributed by atoms with Crippen LogP contribution in [0.5, 0.6) is 0 Å². The van der Waals surface area contributed by atoms with E-state index in [1.807, 2.05) is 0 Å². The Bertz CT molecular complexity index is 257. The summed E-state index contributed by atoms with van der Waals surface area (Å²) in [4.78, 5) is 22.9. The Morgan fingerprint density at radius 1 is 1.20 bits per heavy atom. The number of carbonyl (C=O) groups excluding carboxylic acids is 2. The molecule has 0 atom stereocenters. The Hall–Kier alpha value is -0.390. The predicted molar refractivity (Wildman–Crippen MR) is 64.2 cm³/mol. The number of rotatable bonds is 6. The second-order valence-corrected chi connectivity index (χ2v) is 5.71. The molecule has 0 spiro atoms. The summed E-state index contributed by atoms with van der Waals surface area (Å²) in [5, 5.41) is 2.89. The lowest BCUT2D eigenvalue weighted by molar-refractivity contribution is -0.124. The van der Waals surface area contributed by atoms with E-state index in [0.717, 1.165) is 0 Å². The van der Waals surface area contributed by atoms with Gasteiger partial charge in [-0.3, -0.25) is 14.9 Å². The van der Waals surface area contributed by atoms with Crippen molar-refractivity contribution >= 4 is 24.2 Å². The molecule has 0 aliphatic rings. The van der Waals surface area contributed by atoms with Crippen molar-refractivity contribution < 1.29 is 9.59 Å². The highest BCUT2D eigenvalue weighted by molar-refractivity contribution is 7.82. The maximum atomic E-state index is 11.5. The summed E-state index contributed by atoms with van der Waals surface area (Å²) in [6.45, 7) is 6.95. The summed E-state index contributed by atoms with van der Waals surface area (Å²) in [5.41, 5.74) is 4.50. The van der Waals surface area contributed by atoms with E-state index in [1.54, 1.807) is 27.7 Å². The first-order valence-electron chi connectivity index (χ1n) is 4.85. The normalized spacial score (nSPS) is 12.7. The van der Waals surface area contributed by atoms with Gasteiger partial charge in [-0.05, 0) is 27.7 Å². The molecule has 0 aromatic rings. The molecular formula is C10H20N2O2S. The van der Waals surface area contributed by atoms with Crippen molar-refractivity contribution in [2.24, 2.45) is 5.73 Å². The Kier molecular flexibility index (Phi) is 4.96. The largest absolute Gasteiger partial charge is 0.324 e. The quantitative estimate of drug-likeness (QED) is 0.570. The number of Topliss-reactive ketones (excluding diaryl/α,β-unsaturated/α-hetero) is 2. The maximum Gasteiger partial charge on any atom is 0.165 e. The molecular weight excluding hydrogens is 212 g/mol. The number of ketones is 2. The Balaban J connectivity index is 4.28. The van der Waals surface area contributed by atoms with Crippen LogP contribution in [0.2, 0.25) is 0 Å². The van der Waals surface area contributed by atoms with Gasteiger partial charge in [0.05, 0.1) is 23.4 Å². The van der Waals surface area contributed by atoms with Crippen LogP contribution in [0, 0.1) is 0 Å². The second-order valence-electron chi connectivity index (χ2n) is 4.59. The lowest BCUT2D eigenvalue weighted by Crippen LogP contribution is -2.52. The Morgan fingerprint density at radius 2 is 1.67 bits per heavy atom. The van der Waals surface area contributed by atoms with E-state index in [-0.39, 0.29) is 24.7 Å². The van der Waals surface area contributed by atoms with Crippen LogP contribution < -0.4 is 11.1 Å². The molecule has 0 fully saturated rings. The Morgan fingerprint density at radius 3 is 2.00 bits per heavy atom. The van der Waals surface area contributed by atoms with Gasteiger partial charge in [-0.2, -0.15) is 12.6 Å². The summed E-state index contributed by atoms with van der Waals surface area (Å²) < 4.78 is -0.686. The monoisotopic (exact) mass is 232 g/mol. The van der Waals surface area contributed by atoms with Crippen molar-refractivity contribution in [1.29, 1.82) is 0 Å². The summed E-state index contributed by atoms with van der Waals surface area (Å²) in [7, 11) is 0. The SMILES string of the molecule is CC(C)(S)C(=O)CNC(C)(C)C(=O)CN. The third-order valence-corrected chi connectivity index (χ3v) is 2.51. The highest BCUT2D eigenvalue weighted by atomic mass is 32.1. The number of carbonyl (C=O) groups is 2. The predicted octanol–water partition coefficient (Wildman–Crippen LogP) is 0.160. The molecule has 0 aliphatic carbocycles. The summed E-state index contributed by atoms with van der Waals surface area (Å²) in [5.74, 6) is -0.170. The molecule has 0 radical (unpaired) electrons. The average molecular weight is 232 g/mol. The fraction of sp³-hybridized carbons (Fsp3) is 0.800. The van der Waals surface area contributed by atoms with Crippen molar-refractivity contribution in [1.82, 2.24) is 5.32 Å². The molecule has 15 heavy (non-hydrogen) atoms. The number of thiol groups is 1. The number of hydrogen-bond donors (Lipinski definition) is 3. The van der Waals surface area contributed by atoms with Crippen LogP contribution in [0.15, 0.2) is 0 Å². The first-order chi connectivity index (χ1) is 6.61. The van der Waals surface area contributed by atoms with Crippen LogP contribution in [0.4, 0.5) is 0 Å². The number of nitrogens with one attached hydrogen (secondary N) is 1. The lowest BCUT2D eigenvalue weighted by atomic mass is 9.98. The van der Waals surface area contributed by atoms with Gasteiger partial charge >= 0.3 is 0 Å². The van der Waals surface area contributed by atoms with Crippen LogP contribution in [0.25, 0.3) is 0 Å². The molecule has 0 heterocycles. The third kappa shape index (κ3) is 4.77. The topological polar surface area (TPSA) is 72.2 Å². The van der Waals surface area contributed by atoms with Gasteiger partial charge in [0.2, 0.25) is 0 Å². The van der Waals surface area contributed by atoms with Crippen LogP contribution in [0.3, 0.4) is 0 Å². The molecule has 0 unspecified atom stereocenters. The van der Waals surface area contributed by atoms with Crippen molar-refractivity contribution in [3.05, 3.63) is 0 Å². The van der Waals surface area contributed by atoms with E-state index in [1.165, 1.54) is 0 Å². The molecule has 88 valence electrons. The van der Waals surface area contributed by atoms with Gasteiger partial charge < -0.3 is 5.73 Å². The fourth-order valence-corrected chi connectivity index (χ4v) is 0.950. The molecule has 3 N–H and O–H groups in total. The molecule has 0 rings (SSSR count). The van der Waals surface area contributed by atoms with Gasteiger partial charge in [0, 0.05) is 0 Å². The minimum atomic E-state index is -0.760. The number of hydrogen-bond acceptors (Lipinski definition) is 5. The van der Waals surface area contributed by atoms with E-state index in [9.17, 15) is 9.59 Å². The molecule has 5 heteroatoms. The van der Waals surface area contributed by atoms with Crippen molar-refractivity contribution in [3.8, 4) is 0 Å². The highest BCUT2D eigenvalue weighted by Crippen LogP contribution is 2.13. The van der Waals surface area contributed by atoms with E-state index in [0.29, 0.717) is 0 Å². The van der Waals surface area contributed by atoms with Crippen molar-refractivity contribution in [3.63, 3.8) is 0 Å². The molecule has 0 bridgehead atoms. The molecule has 0 saturated heterocycles.